The highest BCUT2D eigenvalue weighted by Crippen LogP contribution is 2.35. The highest BCUT2D eigenvalue weighted by atomic mass is 15.3. The average molecular weight is 247 g/mol. The standard InChI is InChI=1S/C15H25N3/c1-18-15(9-12-7-8-16-10-12)14(11-17-18)13-5-3-2-4-6-13/h11-13,16H,2-10H2,1H3. The molecule has 0 amide bonds. The van der Waals surface area contributed by atoms with Crippen LogP contribution in [0.4, 0.5) is 0 Å². The van der Waals surface area contributed by atoms with Crippen LogP contribution < -0.4 is 5.32 Å². The summed E-state index contributed by atoms with van der Waals surface area (Å²) in [4.78, 5) is 0. The zero-order chi connectivity index (χ0) is 12.4. The van der Waals surface area contributed by atoms with E-state index in [4.69, 9.17) is 0 Å². The number of nitrogens with one attached hydrogen (secondary N) is 1. The zero-order valence-corrected chi connectivity index (χ0v) is 11.5. The Hall–Kier alpha value is -0.830. The fourth-order valence-corrected chi connectivity index (χ4v) is 3.65. The maximum Gasteiger partial charge on any atom is 0.0527 e. The molecule has 1 unspecified atom stereocenters. The van der Waals surface area contributed by atoms with Crippen molar-refractivity contribution < 1.29 is 0 Å². The van der Waals surface area contributed by atoms with Gasteiger partial charge in [-0.25, -0.2) is 0 Å². The number of hydrogen-bond acceptors (Lipinski definition) is 2. The summed E-state index contributed by atoms with van der Waals surface area (Å²) in [5, 5.41) is 8.00. The minimum absolute atomic E-state index is 0.789. The molecule has 0 radical (unpaired) electrons. The molecule has 0 aromatic carbocycles. The van der Waals surface area contributed by atoms with Crippen molar-refractivity contribution in [2.75, 3.05) is 13.1 Å². The van der Waals surface area contributed by atoms with E-state index in [1.807, 2.05) is 0 Å². The lowest BCUT2D eigenvalue weighted by Gasteiger charge is -2.22. The summed E-state index contributed by atoms with van der Waals surface area (Å²) in [6.45, 7) is 2.39. The lowest BCUT2D eigenvalue weighted by atomic mass is 9.83. The number of aromatic nitrogens is 2. The van der Waals surface area contributed by atoms with Crippen LogP contribution in [0.5, 0.6) is 0 Å². The molecule has 1 saturated heterocycles. The van der Waals surface area contributed by atoms with Gasteiger partial charge in [0.25, 0.3) is 0 Å². The summed E-state index contributed by atoms with van der Waals surface area (Å²) >= 11 is 0. The van der Waals surface area contributed by atoms with Crippen molar-refractivity contribution in [3.8, 4) is 0 Å². The lowest BCUT2D eigenvalue weighted by molar-refractivity contribution is 0.437. The van der Waals surface area contributed by atoms with Crippen molar-refractivity contribution in [3.63, 3.8) is 0 Å². The number of hydrogen-bond donors (Lipinski definition) is 1. The van der Waals surface area contributed by atoms with Crippen LogP contribution in [-0.2, 0) is 13.5 Å². The predicted octanol–water partition coefficient (Wildman–Crippen LogP) is 2.62. The van der Waals surface area contributed by atoms with E-state index < -0.39 is 0 Å². The fraction of sp³-hybridized carbons (Fsp3) is 0.800. The summed E-state index contributed by atoms with van der Waals surface area (Å²) in [6.07, 6.45) is 11.7. The molecule has 1 aliphatic heterocycles. The minimum Gasteiger partial charge on any atom is -0.316 e. The molecule has 1 aromatic heterocycles. The predicted molar refractivity (Wildman–Crippen MR) is 73.7 cm³/mol. The third kappa shape index (κ3) is 2.46. The normalized spacial score (nSPS) is 25.7. The van der Waals surface area contributed by atoms with Gasteiger partial charge in [-0.3, -0.25) is 4.68 Å². The van der Waals surface area contributed by atoms with Crippen LogP contribution in [0.25, 0.3) is 0 Å². The van der Waals surface area contributed by atoms with E-state index in [2.05, 4.69) is 28.3 Å². The van der Waals surface area contributed by atoms with E-state index in [0.717, 1.165) is 11.8 Å². The molecule has 0 spiro atoms. The van der Waals surface area contributed by atoms with Gasteiger partial charge >= 0.3 is 0 Å². The zero-order valence-electron chi connectivity index (χ0n) is 11.5. The van der Waals surface area contributed by atoms with Gasteiger partial charge < -0.3 is 5.32 Å². The van der Waals surface area contributed by atoms with Crippen molar-refractivity contribution in [1.29, 1.82) is 0 Å². The molecule has 1 aromatic rings. The summed E-state index contributed by atoms with van der Waals surface area (Å²) in [6, 6.07) is 0. The van der Waals surface area contributed by atoms with Crippen LogP contribution in [0, 0.1) is 5.92 Å². The average Bonchev–Trinajstić information content (AvgIpc) is 3.03. The van der Waals surface area contributed by atoms with Gasteiger partial charge in [-0.1, -0.05) is 19.3 Å². The van der Waals surface area contributed by atoms with Gasteiger partial charge in [0.15, 0.2) is 0 Å². The first-order chi connectivity index (χ1) is 8.84. The van der Waals surface area contributed by atoms with Crippen LogP contribution in [0.3, 0.4) is 0 Å². The van der Waals surface area contributed by atoms with Crippen molar-refractivity contribution in [3.05, 3.63) is 17.5 Å². The van der Waals surface area contributed by atoms with Crippen LogP contribution >= 0.6 is 0 Å². The number of nitrogens with zero attached hydrogens (tertiary/aromatic N) is 2. The second kappa shape index (κ2) is 5.43. The maximum absolute atomic E-state index is 4.53. The van der Waals surface area contributed by atoms with E-state index in [-0.39, 0.29) is 0 Å². The lowest BCUT2D eigenvalue weighted by Crippen LogP contribution is -2.15. The van der Waals surface area contributed by atoms with Crippen LogP contribution in [-0.4, -0.2) is 22.9 Å². The molecular formula is C15H25N3. The fourth-order valence-electron chi connectivity index (χ4n) is 3.65. The quantitative estimate of drug-likeness (QED) is 0.890. The number of rotatable bonds is 3. The van der Waals surface area contributed by atoms with Gasteiger partial charge in [0.05, 0.1) is 6.20 Å². The largest absolute Gasteiger partial charge is 0.316 e. The summed E-state index contributed by atoms with van der Waals surface area (Å²) in [7, 11) is 2.12. The minimum atomic E-state index is 0.789. The van der Waals surface area contributed by atoms with Gasteiger partial charge in [0, 0.05) is 12.7 Å². The first-order valence-corrected chi connectivity index (χ1v) is 7.56. The molecule has 0 bridgehead atoms. The molecular weight excluding hydrogens is 222 g/mol. The molecule has 1 N–H and O–H groups in total. The SMILES string of the molecule is Cn1ncc(C2CCCCC2)c1CC1CCNC1. The summed E-state index contributed by atoms with van der Waals surface area (Å²) in [5.41, 5.74) is 3.07. The number of aryl methyl sites for hydroxylation is 1. The Morgan fingerprint density at radius 2 is 2.11 bits per heavy atom. The molecule has 3 rings (SSSR count). The van der Waals surface area contributed by atoms with E-state index >= 15 is 0 Å². The first-order valence-electron chi connectivity index (χ1n) is 7.56. The summed E-state index contributed by atoms with van der Waals surface area (Å²) < 4.78 is 2.13. The van der Waals surface area contributed by atoms with E-state index in [1.54, 1.807) is 5.56 Å². The molecule has 3 nitrogen and oxygen atoms in total. The van der Waals surface area contributed by atoms with E-state index in [1.165, 1.54) is 63.7 Å². The van der Waals surface area contributed by atoms with E-state index in [9.17, 15) is 0 Å². The smallest absolute Gasteiger partial charge is 0.0527 e. The monoisotopic (exact) mass is 247 g/mol. The Morgan fingerprint density at radius 1 is 1.28 bits per heavy atom. The molecule has 2 heterocycles. The highest BCUT2D eigenvalue weighted by molar-refractivity contribution is 5.23. The Labute approximate surface area is 110 Å². The molecule has 1 saturated carbocycles. The second-order valence-corrected chi connectivity index (χ2v) is 6.07. The van der Waals surface area contributed by atoms with Gasteiger partial charge in [-0.2, -0.15) is 5.10 Å². The Bertz CT molecular complexity index is 384. The maximum atomic E-state index is 4.53. The molecule has 2 fully saturated rings. The van der Waals surface area contributed by atoms with Crippen molar-refractivity contribution in [2.24, 2.45) is 13.0 Å². The van der Waals surface area contributed by atoms with Crippen LogP contribution in [0.2, 0.25) is 0 Å². The topological polar surface area (TPSA) is 29.9 Å². The molecule has 1 aliphatic carbocycles. The molecule has 100 valence electrons. The van der Waals surface area contributed by atoms with Crippen molar-refractivity contribution in [1.82, 2.24) is 15.1 Å². The molecule has 2 aliphatic rings. The van der Waals surface area contributed by atoms with Gasteiger partial charge in [0.1, 0.15) is 0 Å². The third-order valence-corrected chi connectivity index (χ3v) is 4.78. The Balaban J connectivity index is 1.76. The third-order valence-electron chi connectivity index (χ3n) is 4.78. The Kier molecular flexibility index (Phi) is 3.69. The summed E-state index contributed by atoms with van der Waals surface area (Å²) in [5.74, 6) is 1.61. The first kappa shape index (κ1) is 12.2. The second-order valence-electron chi connectivity index (χ2n) is 6.07. The molecule has 3 heteroatoms. The van der Waals surface area contributed by atoms with Gasteiger partial charge in [-0.15, -0.1) is 0 Å². The van der Waals surface area contributed by atoms with Gasteiger partial charge in [0.2, 0.25) is 0 Å². The Morgan fingerprint density at radius 3 is 2.83 bits per heavy atom. The highest BCUT2D eigenvalue weighted by Gasteiger charge is 2.24. The van der Waals surface area contributed by atoms with Crippen molar-refractivity contribution in [2.45, 2.75) is 50.9 Å². The van der Waals surface area contributed by atoms with E-state index in [0.29, 0.717) is 0 Å². The van der Waals surface area contributed by atoms with Crippen molar-refractivity contribution >= 4 is 0 Å². The van der Waals surface area contributed by atoms with Gasteiger partial charge in [-0.05, 0) is 56.2 Å². The van der Waals surface area contributed by atoms with Crippen LogP contribution in [0.1, 0.15) is 55.7 Å². The molecule has 1 atom stereocenters. The van der Waals surface area contributed by atoms with Crippen LogP contribution in [0.15, 0.2) is 6.20 Å². The molecule has 18 heavy (non-hydrogen) atoms.